The molecule has 0 saturated carbocycles. The first-order valence-corrected chi connectivity index (χ1v) is 11.2. The molecule has 0 bridgehead atoms. The van der Waals surface area contributed by atoms with Crippen LogP contribution in [0.1, 0.15) is 33.1 Å². The Morgan fingerprint density at radius 1 is 1.05 bits per heavy atom. The van der Waals surface area contributed by atoms with Crippen molar-refractivity contribution >= 4 is 11.6 Å². The van der Waals surface area contributed by atoms with Gasteiger partial charge in [0.15, 0.2) is 11.5 Å². The zero-order chi connectivity index (χ0) is 26.7. The number of halogens is 3. The number of non-ortho nitro benzene ring substituents is 1. The molecule has 0 saturated heterocycles. The number of methoxy groups -OCH3 is 2. The van der Waals surface area contributed by atoms with Crippen LogP contribution in [0.15, 0.2) is 60.7 Å². The average molecular weight is 516 g/mol. The lowest BCUT2D eigenvalue weighted by Gasteiger charge is -2.37. The first-order chi connectivity index (χ1) is 17.6. The first-order valence-electron chi connectivity index (χ1n) is 11.2. The van der Waals surface area contributed by atoms with Gasteiger partial charge in [0, 0.05) is 24.2 Å². The summed E-state index contributed by atoms with van der Waals surface area (Å²) < 4.78 is 56.1. The van der Waals surface area contributed by atoms with E-state index in [1.54, 1.807) is 12.1 Å². The van der Waals surface area contributed by atoms with Gasteiger partial charge in [0.1, 0.15) is 12.4 Å². The van der Waals surface area contributed by atoms with Gasteiger partial charge in [-0.15, -0.1) is 0 Å². The number of hydrogen-bond acceptors (Lipinski definition) is 6. The van der Waals surface area contributed by atoms with Crippen molar-refractivity contribution in [3.05, 3.63) is 93.0 Å². The largest absolute Gasteiger partial charge is 0.493 e. The van der Waals surface area contributed by atoms with Gasteiger partial charge in [-0.3, -0.25) is 14.9 Å². The average Bonchev–Trinajstić information content (AvgIpc) is 2.90. The predicted molar refractivity (Wildman–Crippen MR) is 127 cm³/mol. The van der Waals surface area contributed by atoms with Crippen LogP contribution in [0.25, 0.3) is 0 Å². The fraction of sp³-hybridized carbons (Fsp3) is 0.269. The van der Waals surface area contributed by atoms with E-state index >= 15 is 0 Å². The van der Waals surface area contributed by atoms with E-state index in [-0.39, 0.29) is 30.2 Å². The van der Waals surface area contributed by atoms with Crippen molar-refractivity contribution in [1.29, 1.82) is 0 Å². The van der Waals surface area contributed by atoms with Gasteiger partial charge in [-0.2, -0.15) is 13.2 Å². The molecule has 0 aromatic heterocycles. The van der Waals surface area contributed by atoms with Crippen LogP contribution in [0.3, 0.4) is 0 Å². The molecule has 0 radical (unpaired) electrons. The van der Waals surface area contributed by atoms with Crippen LogP contribution >= 0.6 is 0 Å². The van der Waals surface area contributed by atoms with E-state index in [9.17, 15) is 28.1 Å². The molecule has 194 valence electrons. The predicted octanol–water partition coefficient (Wildman–Crippen LogP) is 5.45. The summed E-state index contributed by atoms with van der Waals surface area (Å²) in [6.45, 7) is 0.0884. The fourth-order valence-electron chi connectivity index (χ4n) is 4.31. The summed E-state index contributed by atoms with van der Waals surface area (Å²) in [5.41, 5.74) is 0.562. The van der Waals surface area contributed by atoms with E-state index in [0.717, 1.165) is 17.7 Å². The van der Waals surface area contributed by atoms with Crippen molar-refractivity contribution in [3.63, 3.8) is 0 Å². The van der Waals surface area contributed by atoms with Gasteiger partial charge in [-0.05, 0) is 53.9 Å². The first kappa shape index (κ1) is 25.8. The number of alkyl halides is 3. The highest BCUT2D eigenvalue weighted by molar-refractivity contribution is 5.95. The minimum Gasteiger partial charge on any atom is -0.493 e. The number of ether oxygens (including phenoxy) is 3. The molecule has 0 N–H and O–H groups in total. The van der Waals surface area contributed by atoms with Gasteiger partial charge in [0.05, 0.1) is 30.7 Å². The number of nitrogens with zero attached hydrogens (tertiary/aromatic N) is 2. The molecule has 1 aliphatic heterocycles. The third-order valence-electron chi connectivity index (χ3n) is 6.14. The maximum absolute atomic E-state index is 13.5. The molecule has 37 heavy (non-hydrogen) atoms. The zero-order valence-electron chi connectivity index (χ0n) is 19.9. The Kier molecular flexibility index (Phi) is 7.23. The standard InChI is InChI=1S/C26H23F3N2O6/c1-35-23-12-16-9-10-30(25(32)17-5-3-7-19(11-17)31(33)34)22(21(16)14-24(23)36-2)15-37-20-8-4-6-18(13-20)26(27,28)29/h3-8,11-14,22H,9-10,15H2,1-2H3. The Balaban J connectivity index is 1.71. The Morgan fingerprint density at radius 3 is 2.43 bits per heavy atom. The summed E-state index contributed by atoms with van der Waals surface area (Å²) in [6.07, 6.45) is -4.08. The molecule has 8 nitrogen and oxygen atoms in total. The van der Waals surface area contributed by atoms with Gasteiger partial charge < -0.3 is 19.1 Å². The summed E-state index contributed by atoms with van der Waals surface area (Å²) in [7, 11) is 2.96. The topological polar surface area (TPSA) is 91.1 Å². The lowest BCUT2D eigenvalue weighted by atomic mass is 9.91. The highest BCUT2D eigenvalue weighted by atomic mass is 19.4. The molecule has 1 unspecified atom stereocenters. The monoisotopic (exact) mass is 516 g/mol. The van der Waals surface area contributed by atoms with Crippen LogP contribution < -0.4 is 14.2 Å². The summed E-state index contributed by atoms with van der Waals surface area (Å²) in [5.74, 6) is 0.430. The number of carbonyl (C=O) groups is 1. The summed E-state index contributed by atoms with van der Waals surface area (Å²) >= 11 is 0. The molecular formula is C26H23F3N2O6. The molecule has 1 atom stereocenters. The molecule has 4 rings (SSSR count). The minimum atomic E-state index is -4.54. The van der Waals surface area contributed by atoms with Gasteiger partial charge in [0.25, 0.3) is 11.6 Å². The van der Waals surface area contributed by atoms with Gasteiger partial charge in [0.2, 0.25) is 0 Å². The van der Waals surface area contributed by atoms with Crippen LogP contribution in [-0.2, 0) is 12.6 Å². The summed E-state index contributed by atoms with van der Waals surface area (Å²) in [5, 5.41) is 11.2. The number of fused-ring (bicyclic) bond motifs is 1. The Hall–Kier alpha value is -4.28. The van der Waals surface area contributed by atoms with E-state index in [1.807, 2.05) is 0 Å². The molecule has 1 amide bonds. The molecule has 0 aliphatic carbocycles. The Morgan fingerprint density at radius 2 is 1.76 bits per heavy atom. The van der Waals surface area contributed by atoms with E-state index in [0.29, 0.717) is 23.5 Å². The Labute approximate surface area is 210 Å². The van der Waals surface area contributed by atoms with Gasteiger partial charge in [-0.1, -0.05) is 12.1 Å². The number of nitro benzene ring substituents is 1. The van der Waals surface area contributed by atoms with Gasteiger partial charge in [-0.25, -0.2) is 0 Å². The van der Waals surface area contributed by atoms with E-state index < -0.39 is 28.6 Å². The summed E-state index contributed by atoms with van der Waals surface area (Å²) in [6, 6.07) is 12.6. The zero-order valence-corrected chi connectivity index (χ0v) is 19.9. The number of benzene rings is 3. The van der Waals surface area contributed by atoms with Crippen LogP contribution in [0, 0.1) is 10.1 Å². The maximum atomic E-state index is 13.5. The highest BCUT2D eigenvalue weighted by Gasteiger charge is 2.34. The molecule has 1 aliphatic rings. The second-order valence-electron chi connectivity index (χ2n) is 8.31. The summed E-state index contributed by atoms with van der Waals surface area (Å²) in [4.78, 5) is 25.6. The highest BCUT2D eigenvalue weighted by Crippen LogP contribution is 2.39. The lowest BCUT2D eigenvalue weighted by Crippen LogP contribution is -2.42. The SMILES string of the molecule is COc1cc2c(cc1OC)C(COc1cccc(C(F)(F)F)c1)N(C(=O)c1cccc([N+](=O)[O-])c1)CC2. The molecule has 3 aromatic carbocycles. The van der Waals surface area contributed by atoms with E-state index in [2.05, 4.69) is 0 Å². The third kappa shape index (κ3) is 5.45. The van der Waals surface area contributed by atoms with Gasteiger partial charge >= 0.3 is 6.18 Å². The Bertz CT molecular complexity index is 1330. The van der Waals surface area contributed by atoms with Crippen molar-refractivity contribution in [1.82, 2.24) is 4.90 Å². The van der Waals surface area contributed by atoms with E-state index in [4.69, 9.17) is 14.2 Å². The molecule has 1 heterocycles. The van der Waals surface area contributed by atoms with Crippen LogP contribution in [0.4, 0.5) is 18.9 Å². The molecule has 0 fully saturated rings. The number of nitro groups is 1. The number of rotatable bonds is 7. The smallest absolute Gasteiger partial charge is 0.416 e. The van der Waals surface area contributed by atoms with Crippen LogP contribution in [-0.4, -0.2) is 43.1 Å². The maximum Gasteiger partial charge on any atom is 0.416 e. The third-order valence-corrected chi connectivity index (χ3v) is 6.14. The van der Waals surface area contributed by atoms with Crippen molar-refractivity contribution in [2.45, 2.75) is 18.6 Å². The molecule has 11 heteroatoms. The lowest BCUT2D eigenvalue weighted by molar-refractivity contribution is -0.384. The minimum absolute atomic E-state index is 0.00910. The number of hydrogen-bond donors (Lipinski definition) is 0. The van der Waals surface area contributed by atoms with Crippen molar-refractivity contribution < 1.29 is 37.1 Å². The van der Waals surface area contributed by atoms with Crippen molar-refractivity contribution in [3.8, 4) is 17.2 Å². The second kappa shape index (κ2) is 10.4. The normalized spacial score (nSPS) is 15.1. The van der Waals surface area contributed by atoms with E-state index in [1.165, 1.54) is 55.5 Å². The number of carbonyl (C=O) groups excluding carboxylic acids is 1. The second-order valence-corrected chi connectivity index (χ2v) is 8.31. The number of amides is 1. The van der Waals surface area contributed by atoms with Crippen LogP contribution in [0.2, 0.25) is 0 Å². The molecular weight excluding hydrogens is 493 g/mol. The molecule has 0 spiro atoms. The quantitative estimate of drug-likeness (QED) is 0.306. The molecule has 3 aromatic rings. The van der Waals surface area contributed by atoms with Crippen molar-refractivity contribution in [2.24, 2.45) is 0 Å². The van der Waals surface area contributed by atoms with Crippen molar-refractivity contribution in [2.75, 3.05) is 27.4 Å². The fourth-order valence-corrected chi connectivity index (χ4v) is 4.31. The van der Waals surface area contributed by atoms with Crippen LogP contribution in [0.5, 0.6) is 17.2 Å².